The lowest BCUT2D eigenvalue weighted by Crippen LogP contribution is -2.53. The van der Waals surface area contributed by atoms with Crippen LogP contribution in [0.5, 0.6) is 0 Å². The number of nitrogens with two attached hydrogens (primary N) is 1. The lowest BCUT2D eigenvalue weighted by atomic mass is 10.1. The summed E-state index contributed by atoms with van der Waals surface area (Å²) in [7, 11) is 0. The second-order valence-corrected chi connectivity index (χ2v) is 6.68. The fourth-order valence-electron chi connectivity index (χ4n) is 2.11. The summed E-state index contributed by atoms with van der Waals surface area (Å²) >= 11 is 0.784. The highest BCUT2D eigenvalue weighted by atomic mass is 32.2. The van der Waals surface area contributed by atoms with E-state index >= 15 is 0 Å². The normalized spacial score (nSPS) is 12.6. The summed E-state index contributed by atoms with van der Waals surface area (Å²) in [6.07, 6.45) is -0.381. The van der Waals surface area contributed by atoms with Gasteiger partial charge < -0.3 is 21.3 Å². The quantitative estimate of drug-likeness (QED) is 0.302. The minimum absolute atomic E-state index is 0.139. The Morgan fingerprint density at radius 1 is 1.04 bits per heavy atom. The molecule has 6 N–H and O–H groups in total. The standard InChI is InChI=1S/C17H21N3O7S/c18-13(21)7-6-11(16(25)26)20-12(15(24)19-8-14(22)23)9-28-17(27)10-4-2-1-3-5-10/h1-5,11-12,20H,6-9H2,(H2,18,21)(H,19,24)(H,22,23)(H,25,26)/t11-,12?/m0/s1. The van der Waals surface area contributed by atoms with Gasteiger partial charge >= 0.3 is 11.9 Å². The van der Waals surface area contributed by atoms with E-state index in [0.29, 0.717) is 5.56 Å². The predicted octanol–water partition coefficient (Wildman–Crippen LogP) is -0.562. The second kappa shape index (κ2) is 11.7. The molecular weight excluding hydrogens is 390 g/mol. The molecule has 0 aliphatic heterocycles. The molecule has 0 aliphatic carbocycles. The summed E-state index contributed by atoms with van der Waals surface area (Å²) < 4.78 is 0. The zero-order chi connectivity index (χ0) is 21.1. The van der Waals surface area contributed by atoms with E-state index in [-0.39, 0.29) is 23.7 Å². The van der Waals surface area contributed by atoms with Crippen LogP contribution in [0.2, 0.25) is 0 Å². The van der Waals surface area contributed by atoms with Crippen molar-refractivity contribution in [3.8, 4) is 0 Å². The van der Waals surface area contributed by atoms with Gasteiger partial charge in [-0.2, -0.15) is 0 Å². The Morgan fingerprint density at radius 3 is 2.21 bits per heavy atom. The van der Waals surface area contributed by atoms with Gasteiger partial charge in [0.05, 0.1) is 6.04 Å². The summed E-state index contributed by atoms with van der Waals surface area (Å²) in [5, 5.41) is 22.3. The van der Waals surface area contributed by atoms with Crippen molar-refractivity contribution >= 4 is 40.6 Å². The molecule has 0 fully saturated rings. The van der Waals surface area contributed by atoms with Crippen molar-refractivity contribution in [2.24, 2.45) is 5.73 Å². The molecule has 0 spiro atoms. The lowest BCUT2D eigenvalue weighted by molar-refractivity contribution is -0.141. The molecule has 0 aromatic heterocycles. The molecule has 10 nitrogen and oxygen atoms in total. The van der Waals surface area contributed by atoms with Gasteiger partial charge in [-0.25, -0.2) is 0 Å². The first-order chi connectivity index (χ1) is 13.2. The largest absolute Gasteiger partial charge is 0.480 e. The number of benzene rings is 1. The number of carboxylic acids is 2. The van der Waals surface area contributed by atoms with E-state index < -0.39 is 42.4 Å². The van der Waals surface area contributed by atoms with E-state index in [0.717, 1.165) is 11.8 Å². The highest BCUT2D eigenvalue weighted by Gasteiger charge is 2.27. The number of nitrogens with one attached hydrogen (secondary N) is 2. The van der Waals surface area contributed by atoms with Gasteiger partial charge in [0.2, 0.25) is 16.9 Å². The van der Waals surface area contributed by atoms with Crippen LogP contribution in [0.4, 0.5) is 0 Å². The van der Waals surface area contributed by atoms with Crippen LogP contribution in [0.15, 0.2) is 30.3 Å². The summed E-state index contributed by atoms with van der Waals surface area (Å²) in [6.45, 7) is -0.659. The number of hydrogen-bond acceptors (Lipinski definition) is 7. The molecule has 0 saturated heterocycles. The Labute approximate surface area is 164 Å². The SMILES string of the molecule is NC(=O)CC[C@H](NC(CSC(=O)c1ccccc1)C(=O)NCC(=O)O)C(=O)O. The molecule has 0 saturated carbocycles. The molecule has 1 aromatic rings. The highest BCUT2D eigenvalue weighted by Crippen LogP contribution is 2.14. The third-order valence-corrected chi connectivity index (χ3v) is 4.50. The Kier molecular flexibility index (Phi) is 9.68. The number of carbonyl (C=O) groups is 5. The maximum atomic E-state index is 12.2. The van der Waals surface area contributed by atoms with Crippen molar-refractivity contribution in [3.63, 3.8) is 0 Å². The number of aliphatic carboxylic acids is 2. The van der Waals surface area contributed by atoms with Crippen LogP contribution >= 0.6 is 11.8 Å². The predicted molar refractivity (Wildman–Crippen MR) is 101 cm³/mol. The molecule has 28 heavy (non-hydrogen) atoms. The molecule has 0 bridgehead atoms. The van der Waals surface area contributed by atoms with Crippen molar-refractivity contribution in [2.75, 3.05) is 12.3 Å². The molecule has 1 aromatic carbocycles. The zero-order valence-electron chi connectivity index (χ0n) is 14.8. The van der Waals surface area contributed by atoms with Gasteiger partial charge in [0.15, 0.2) is 0 Å². The summed E-state index contributed by atoms with van der Waals surface area (Å²) in [5.74, 6) is -4.20. The Morgan fingerprint density at radius 2 is 1.68 bits per heavy atom. The van der Waals surface area contributed by atoms with Crippen molar-refractivity contribution < 1.29 is 34.2 Å². The fourth-order valence-corrected chi connectivity index (χ4v) is 2.98. The van der Waals surface area contributed by atoms with Crippen LogP contribution < -0.4 is 16.4 Å². The van der Waals surface area contributed by atoms with E-state index in [1.54, 1.807) is 30.3 Å². The number of primary amides is 1. The van der Waals surface area contributed by atoms with Crippen LogP contribution in [0.1, 0.15) is 23.2 Å². The Bertz CT molecular complexity index is 727. The first-order valence-electron chi connectivity index (χ1n) is 8.19. The van der Waals surface area contributed by atoms with Crippen LogP contribution in [0.3, 0.4) is 0 Å². The molecule has 0 heterocycles. The highest BCUT2D eigenvalue weighted by molar-refractivity contribution is 8.14. The van der Waals surface area contributed by atoms with Crippen LogP contribution in [-0.2, 0) is 19.2 Å². The van der Waals surface area contributed by atoms with Crippen molar-refractivity contribution in [3.05, 3.63) is 35.9 Å². The number of carboxylic acid groups (broad SMARTS) is 2. The van der Waals surface area contributed by atoms with Crippen molar-refractivity contribution in [1.29, 1.82) is 0 Å². The number of thioether (sulfide) groups is 1. The van der Waals surface area contributed by atoms with Crippen LogP contribution in [-0.4, -0.2) is 63.5 Å². The van der Waals surface area contributed by atoms with Crippen LogP contribution in [0, 0.1) is 0 Å². The van der Waals surface area contributed by atoms with Gasteiger partial charge in [-0.15, -0.1) is 0 Å². The molecule has 11 heteroatoms. The van der Waals surface area contributed by atoms with Gasteiger partial charge in [-0.3, -0.25) is 29.3 Å². The van der Waals surface area contributed by atoms with E-state index in [2.05, 4.69) is 10.6 Å². The first-order valence-corrected chi connectivity index (χ1v) is 9.18. The maximum Gasteiger partial charge on any atom is 0.322 e. The molecule has 0 aliphatic rings. The summed E-state index contributed by atoms with van der Waals surface area (Å²) in [4.78, 5) is 57.4. The maximum absolute atomic E-state index is 12.2. The average Bonchev–Trinajstić information content (AvgIpc) is 2.65. The Hall–Kier alpha value is -2.92. The minimum Gasteiger partial charge on any atom is -0.480 e. The number of rotatable bonds is 12. The third kappa shape index (κ3) is 8.64. The molecule has 1 unspecified atom stereocenters. The van der Waals surface area contributed by atoms with E-state index in [9.17, 15) is 29.1 Å². The fraction of sp³-hybridized carbons (Fsp3) is 0.353. The minimum atomic E-state index is -1.31. The van der Waals surface area contributed by atoms with Gasteiger partial charge in [0.25, 0.3) is 0 Å². The molecule has 152 valence electrons. The van der Waals surface area contributed by atoms with Gasteiger partial charge in [0.1, 0.15) is 12.6 Å². The molecule has 0 radical (unpaired) electrons. The molecule has 2 atom stereocenters. The third-order valence-electron chi connectivity index (χ3n) is 3.50. The number of carbonyl (C=O) groups excluding carboxylic acids is 3. The lowest BCUT2D eigenvalue weighted by Gasteiger charge is -2.22. The van der Waals surface area contributed by atoms with E-state index in [4.69, 9.17) is 10.8 Å². The van der Waals surface area contributed by atoms with Crippen molar-refractivity contribution in [2.45, 2.75) is 24.9 Å². The van der Waals surface area contributed by atoms with Crippen molar-refractivity contribution in [1.82, 2.24) is 10.6 Å². The molecular formula is C17H21N3O7S. The second-order valence-electron chi connectivity index (χ2n) is 5.69. The monoisotopic (exact) mass is 411 g/mol. The van der Waals surface area contributed by atoms with Gasteiger partial charge in [-0.05, 0) is 6.42 Å². The molecule has 2 amide bonds. The first kappa shape index (κ1) is 23.1. The summed E-state index contributed by atoms with van der Waals surface area (Å²) in [6, 6.07) is 5.82. The van der Waals surface area contributed by atoms with Gasteiger partial charge in [0, 0.05) is 17.7 Å². The Balaban J connectivity index is 2.83. The van der Waals surface area contributed by atoms with Gasteiger partial charge in [-0.1, -0.05) is 42.1 Å². The van der Waals surface area contributed by atoms with E-state index in [1.807, 2.05) is 0 Å². The summed E-state index contributed by atoms with van der Waals surface area (Å²) in [5.41, 5.74) is 5.43. The zero-order valence-corrected chi connectivity index (χ0v) is 15.6. The van der Waals surface area contributed by atoms with Crippen LogP contribution in [0.25, 0.3) is 0 Å². The van der Waals surface area contributed by atoms with E-state index in [1.165, 1.54) is 0 Å². The number of hydrogen-bond donors (Lipinski definition) is 5. The average molecular weight is 411 g/mol. The molecule has 1 rings (SSSR count). The topological polar surface area (TPSA) is 176 Å². The number of amides is 2. The smallest absolute Gasteiger partial charge is 0.322 e.